The van der Waals surface area contributed by atoms with Crippen molar-refractivity contribution in [3.05, 3.63) is 12.7 Å². The number of hydrogen-bond donors (Lipinski definition) is 2. The minimum atomic E-state index is -1.05. The van der Waals surface area contributed by atoms with Gasteiger partial charge in [0.1, 0.15) is 18.3 Å². The molecule has 0 bridgehead atoms. The molecule has 2 amide bonds. The molecule has 0 aromatic heterocycles. The minimum absolute atomic E-state index is 0.108. The van der Waals surface area contributed by atoms with Gasteiger partial charge in [-0.3, -0.25) is 10.1 Å². The van der Waals surface area contributed by atoms with Gasteiger partial charge in [-0.05, 0) is 33.6 Å². The van der Waals surface area contributed by atoms with E-state index in [9.17, 15) is 14.7 Å². The largest absolute Gasteiger partial charge is 0.444 e. The molecule has 0 aliphatic heterocycles. The van der Waals surface area contributed by atoms with Gasteiger partial charge in [0.25, 0.3) is 5.91 Å². The number of hydrogen-bond acceptors (Lipinski definition) is 5. The van der Waals surface area contributed by atoms with Gasteiger partial charge in [0, 0.05) is 5.92 Å². The van der Waals surface area contributed by atoms with Crippen LogP contribution in [-0.4, -0.2) is 41.5 Å². The molecule has 2 N–H and O–H groups in total. The summed E-state index contributed by atoms with van der Waals surface area (Å²) in [5.74, 6) is 0.746. The van der Waals surface area contributed by atoms with Gasteiger partial charge in [-0.2, -0.15) is 0 Å². The van der Waals surface area contributed by atoms with Crippen molar-refractivity contribution >= 4 is 12.0 Å². The van der Waals surface area contributed by atoms with E-state index in [4.69, 9.17) is 15.9 Å². The van der Waals surface area contributed by atoms with Crippen molar-refractivity contribution in [2.75, 3.05) is 6.61 Å². The van der Waals surface area contributed by atoms with Crippen LogP contribution < -0.4 is 5.32 Å². The Hall–Kier alpha value is -1.84. The van der Waals surface area contributed by atoms with E-state index >= 15 is 0 Å². The van der Waals surface area contributed by atoms with Crippen LogP contribution >= 0.6 is 0 Å². The van der Waals surface area contributed by atoms with Gasteiger partial charge in [0.05, 0.1) is 6.10 Å². The summed E-state index contributed by atoms with van der Waals surface area (Å²) < 4.78 is 10.4. The van der Waals surface area contributed by atoms with Gasteiger partial charge in [-0.15, -0.1) is 13.0 Å². The number of carbonyl (C=O) groups excluding carboxylic acids is 2. The average molecular weight is 325 g/mol. The Bertz CT molecular complexity index is 459. The second-order valence-electron chi connectivity index (χ2n) is 6.34. The molecule has 1 unspecified atom stereocenters. The lowest BCUT2D eigenvalue weighted by molar-refractivity contribution is -0.135. The Balaban J connectivity index is 5.14. The lowest BCUT2D eigenvalue weighted by Gasteiger charge is -2.30. The third-order valence-electron chi connectivity index (χ3n) is 3.22. The van der Waals surface area contributed by atoms with Crippen LogP contribution in [0.3, 0.4) is 0 Å². The lowest BCUT2D eigenvalue weighted by Crippen LogP contribution is -2.47. The molecular weight excluding hydrogens is 298 g/mol. The van der Waals surface area contributed by atoms with Crippen LogP contribution in [0.4, 0.5) is 4.79 Å². The number of aliphatic hydroxyl groups excluding tert-OH is 1. The fourth-order valence-electron chi connectivity index (χ4n) is 1.91. The monoisotopic (exact) mass is 325 g/mol. The van der Waals surface area contributed by atoms with E-state index in [2.05, 4.69) is 17.8 Å². The van der Waals surface area contributed by atoms with E-state index in [0.29, 0.717) is 0 Å². The SMILES string of the molecule is C#CCOC(C(=O)NC(=O)OC(C)(C)C)[C@@H](C=C)[C@H](C)[C@H](C)O. The molecule has 0 saturated heterocycles. The number of amides is 2. The zero-order chi connectivity index (χ0) is 18.2. The molecule has 130 valence electrons. The molecule has 0 aromatic rings. The Labute approximate surface area is 138 Å². The van der Waals surface area contributed by atoms with Crippen molar-refractivity contribution < 1.29 is 24.2 Å². The first-order chi connectivity index (χ1) is 10.5. The fourth-order valence-corrected chi connectivity index (χ4v) is 1.91. The average Bonchev–Trinajstić information content (AvgIpc) is 2.40. The first kappa shape index (κ1) is 21.2. The molecule has 6 heteroatoms. The number of carbonyl (C=O) groups is 2. The lowest BCUT2D eigenvalue weighted by atomic mass is 9.85. The topological polar surface area (TPSA) is 84.9 Å². The molecule has 4 atom stereocenters. The van der Waals surface area contributed by atoms with Crippen LogP contribution in [0.1, 0.15) is 34.6 Å². The second kappa shape index (κ2) is 9.33. The van der Waals surface area contributed by atoms with Gasteiger partial charge in [0.2, 0.25) is 0 Å². The van der Waals surface area contributed by atoms with Crippen molar-refractivity contribution in [2.24, 2.45) is 11.8 Å². The van der Waals surface area contributed by atoms with Crippen LogP contribution in [0.15, 0.2) is 12.7 Å². The summed E-state index contributed by atoms with van der Waals surface area (Å²) in [6, 6.07) is 0. The van der Waals surface area contributed by atoms with E-state index in [1.54, 1.807) is 34.6 Å². The molecule has 23 heavy (non-hydrogen) atoms. The van der Waals surface area contributed by atoms with Crippen LogP contribution in [0.5, 0.6) is 0 Å². The summed E-state index contributed by atoms with van der Waals surface area (Å²) in [5.41, 5.74) is -0.732. The zero-order valence-electron chi connectivity index (χ0n) is 14.5. The molecule has 6 nitrogen and oxygen atoms in total. The van der Waals surface area contributed by atoms with Crippen molar-refractivity contribution in [1.82, 2.24) is 5.32 Å². The van der Waals surface area contributed by atoms with Gasteiger partial charge in [-0.25, -0.2) is 4.79 Å². The molecule has 0 aromatic carbocycles. The third-order valence-corrected chi connectivity index (χ3v) is 3.22. The molecule has 0 spiro atoms. The van der Waals surface area contributed by atoms with Crippen molar-refractivity contribution in [1.29, 1.82) is 0 Å². The van der Waals surface area contributed by atoms with Crippen LogP contribution in [0, 0.1) is 24.2 Å². The van der Waals surface area contributed by atoms with E-state index in [1.165, 1.54) is 6.08 Å². The van der Waals surface area contributed by atoms with Crippen molar-refractivity contribution in [3.63, 3.8) is 0 Å². The van der Waals surface area contributed by atoms with Gasteiger partial charge in [-0.1, -0.05) is 18.9 Å². The summed E-state index contributed by atoms with van der Waals surface area (Å²) in [5, 5.41) is 11.9. The highest BCUT2D eigenvalue weighted by Gasteiger charge is 2.34. The van der Waals surface area contributed by atoms with E-state index < -0.39 is 35.7 Å². The molecule has 0 aliphatic carbocycles. The van der Waals surface area contributed by atoms with Crippen LogP contribution in [-0.2, 0) is 14.3 Å². The summed E-state index contributed by atoms with van der Waals surface area (Å²) >= 11 is 0. The molecule has 0 fully saturated rings. The van der Waals surface area contributed by atoms with Crippen LogP contribution in [0.25, 0.3) is 0 Å². The fraction of sp³-hybridized carbons (Fsp3) is 0.647. The van der Waals surface area contributed by atoms with E-state index in [-0.39, 0.29) is 12.5 Å². The highest BCUT2D eigenvalue weighted by atomic mass is 16.6. The smallest absolute Gasteiger partial charge is 0.414 e. The number of imide groups is 1. The van der Waals surface area contributed by atoms with Gasteiger partial charge >= 0.3 is 6.09 Å². The number of terminal acetylenes is 1. The highest BCUT2D eigenvalue weighted by Crippen LogP contribution is 2.23. The molecule has 0 saturated carbocycles. The Morgan fingerprint density at radius 3 is 2.35 bits per heavy atom. The number of alkyl carbamates (subject to hydrolysis) is 1. The summed E-state index contributed by atoms with van der Waals surface area (Å²) in [4.78, 5) is 24.1. The number of aliphatic hydroxyl groups is 1. The van der Waals surface area contributed by atoms with Gasteiger partial charge < -0.3 is 14.6 Å². The van der Waals surface area contributed by atoms with E-state index in [0.717, 1.165) is 0 Å². The highest BCUT2D eigenvalue weighted by molar-refractivity contribution is 5.94. The maximum absolute atomic E-state index is 12.3. The van der Waals surface area contributed by atoms with Crippen molar-refractivity contribution in [3.8, 4) is 12.3 Å². The summed E-state index contributed by atoms with van der Waals surface area (Å²) in [7, 11) is 0. The number of nitrogens with one attached hydrogen (secondary N) is 1. The minimum Gasteiger partial charge on any atom is -0.444 e. The Morgan fingerprint density at radius 2 is 1.96 bits per heavy atom. The molecule has 0 aliphatic rings. The first-order valence-corrected chi connectivity index (χ1v) is 7.43. The molecule has 0 radical (unpaired) electrons. The predicted octanol–water partition coefficient (Wildman–Crippen LogP) is 1.88. The predicted molar refractivity (Wildman–Crippen MR) is 87.5 cm³/mol. The molecule has 0 rings (SSSR count). The molecule has 0 heterocycles. The quantitative estimate of drug-likeness (QED) is 0.551. The Morgan fingerprint density at radius 1 is 1.39 bits per heavy atom. The third kappa shape index (κ3) is 7.82. The Kier molecular flexibility index (Phi) is 8.59. The zero-order valence-corrected chi connectivity index (χ0v) is 14.5. The van der Waals surface area contributed by atoms with E-state index in [1.807, 2.05) is 0 Å². The standard InChI is InChI=1S/C17H27NO5/c1-8-10-22-14(13(9-2)11(3)12(4)19)15(20)18-16(21)23-17(5,6)7/h1,9,11-14,19H,2,10H2,3-7H3,(H,18,20,21)/t11-,12+,13+,14?/m1/s1. The maximum atomic E-state index is 12.3. The first-order valence-electron chi connectivity index (χ1n) is 7.43. The van der Waals surface area contributed by atoms with Gasteiger partial charge in [0.15, 0.2) is 0 Å². The molecular formula is C17H27NO5. The van der Waals surface area contributed by atoms with Crippen molar-refractivity contribution in [2.45, 2.75) is 52.4 Å². The second-order valence-corrected chi connectivity index (χ2v) is 6.34. The van der Waals surface area contributed by atoms with Crippen LogP contribution in [0.2, 0.25) is 0 Å². The summed E-state index contributed by atoms with van der Waals surface area (Å²) in [6.07, 6.45) is 4.06. The number of ether oxygens (including phenoxy) is 2. The normalized spacial score (nSPS) is 16.4. The number of rotatable bonds is 7. The summed E-state index contributed by atoms with van der Waals surface area (Å²) in [6.45, 7) is 12.0. The maximum Gasteiger partial charge on any atom is 0.414 e.